The number of ether oxygens (including phenoxy) is 3. The normalized spacial score (nSPS) is 14.1. The first-order valence-electron chi connectivity index (χ1n) is 13.5. The first-order chi connectivity index (χ1) is 19.1. The summed E-state index contributed by atoms with van der Waals surface area (Å²) in [6.07, 6.45) is -2.15. The van der Waals surface area contributed by atoms with Crippen LogP contribution in [0, 0.1) is 6.92 Å². The van der Waals surface area contributed by atoms with Gasteiger partial charge >= 0.3 is 6.36 Å². The molecule has 1 unspecified atom stereocenters. The van der Waals surface area contributed by atoms with Crippen LogP contribution in [0.15, 0.2) is 60.7 Å². The molecule has 0 bridgehead atoms. The Kier molecular flexibility index (Phi) is 12.4. The molecule has 4 rings (SSSR count). The average molecular weight is 560 g/mol. The number of methoxy groups -OCH3 is 2. The summed E-state index contributed by atoms with van der Waals surface area (Å²) in [5.74, 6) is 1.48. The van der Waals surface area contributed by atoms with Crippen molar-refractivity contribution in [3.05, 3.63) is 88.5 Å². The minimum atomic E-state index is -4.61. The summed E-state index contributed by atoms with van der Waals surface area (Å²) >= 11 is 0. The maximum Gasteiger partial charge on any atom is 0.573 e. The van der Waals surface area contributed by atoms with Gasteiger partial charge in [-0.1, -0.05) is 57.0 Å². The summed E-state index contributed by atoms with van der Waals surface area (Å²) in [5.41, 5.74) is 4.94. The second-order valence-corrected chi connectivity index (χ2v) is 9.14. The lowest BCUT2D eigenvalue weighted by Gasteiger charge is -2.36. The van der Waals surface area contributed by atoms with Crippen molar-refractivity contribution in [2.24, 2.45) is 0 Å². The quantitative estimate of drug-likeness (QED) is 0.305. The number of alkyl halides is 3. The van der Waals surface area contributed by atoms with Crippen LogP contribution in [0.25, 0.3) is 0 Å². The van der Waals surface area contributed by atoms with Crippen molar-refractivity contribution in [2.45, 2.75) is 66.3 Å². The minimum absolute atomic E-state index is 0.0392. The summed E-state index contributed by atoms with van der Waals surface area (Å²) in [6.45, 7) is 10.7. The summed E-state index contributed by atoms with van der Waals surface area (Å²) in [5, 5.41) is 0. The van der Waals surface area contributed by atoms with Crippen LogP contribution in [-0.4, -0.2) is 37.9 Å². The van der Waals surface area contributed by atoms with E-state index in [1.54, 1.807) is 26.4 Å². The van der Waals surface area contributed by atoms with Gasteiger partial charge in [-0.2, -0.15) is 0 Å². The predicted molar refractivity (Wildman–Crippen MR) is 152 cm³/mol. The monoisotopic (exact) mass is 559 g/mol. The Balaban J connectivity index is 0.000000299. The van der Waals surface area contributed by atoms with Crippen LogP contribution in [-0.2, 0) is 12.8 Å². The Morgan fingerprint density at radius 2 is 1.68 bits per heavy atom. The molecule has 0 radical (unpaired) electrons. The zero-order chi connectivity index (χ0) is 29.9. The van der Waals surface area contributed by atoms with Gasteiger partial charge in [0.1, 0.15) is 17.2 Å². The number of rotatable bonds is 6. The molecule has 0 aliphatic carbocycles. The van der Waals surface area contributed by atoms with Gasteiger partial charge < -0.3 is 19.1 Å². The smallest absolute Gasteiger partial charge is 0.497 e. The molecule has 40 heavy (non-hydrogen) atoms. The first-order valence-corrected chi connectivity index (χ1v) is 13.5. The third kappa shape index (κ3) is 8.93. The van der Waals surface area contributed by atoms with E-state index in [0.29, 0.717) is 6.54 Å². The molecule has 1 aliphatic rings. The fraction of sp³-hybridized carbons (Fsp3) is 0.406. The number of hydrogen-bond acceptors (Lipinski definition) is 4. The lowest BCUT2D eigenvalue weighted by molar-refractivity contribution is -0.274. The summed E-state index contributed by atoms with van der Waals surface area (Å²) in [6, 6.07) is 17.7. The summed E-state index contributed by atoms with van der Waals surface area (Å²) in [7, 11) is 3.31. The number of amides is 1. The van der Waals surface area contributed by atoms with Gasteiger partial charge in [0.25, 0.3) is 5.91 Å². The van der Waals surface area contributed by atoms with Crippen molar-refractivity contribution in [1.29, 1.82) is 0 Å². The molecule has 8 heteroatoms. The standard InChI is InChI=1S/C20H23NO3.C10H11F3O.C2H6/c1-13-6-5-7-16(10-13)20(22)21-9-8-15-11-17(23-3)12-18(24-4)19(15)14(21)2;1-2-4-8-5-3-6-9(7-8)14-10(11,12)13;1-2/h5-7,10-12,14H,8-9H2,1-4H3;3,5-7H,2,4H2,1H3;1-2H3. The van der Waals surface area contributed by atoms with Crippen molar-refractivity contribution < 1.29 is 32.2 Å². The molecule has 218 valence electrons. The molecule has 1 heterocycles. The molecule has 3 aromatic rings. The molecule has 0 spiro atoms. The molecule has 0 saturated carbocycles. The van der Waals surface area contributed by atoms with Crippen molar-refractivity contribution >= 4 is 5.91 Å². The molecule has 1 amide bonds. The summed E-state index contributed by atoms with van der Waals surface area (Å²) < 4.78 is 50.2. The Labute approximate surface area is 235 Å². The Morgan fingerprint density at radius 3 is 2.27 bits per heavy atom. The fourth-order valence-corrected chi connectivity index (χ4v) is 4.62. The lowest BCUT2D eigenvalue weighted by Crippen LogP contribution is -2.39. The van der Waals surface area contributed by atoms with E-state index < -0.39 is 6.36 Å². The van der Waals surface area contributed by atoms with E-state index in [1.807, 2.05) is 69.0 Å². The van der Waals surface area contributed by atoms with Crippen molar-refractivity contribution in [2.75, 3.05) is 20.8 Å². The molecule has 5 nitrogen and oxygen atoms in total. The second kappa shape index (κ2) is 15.2. The average Bonchev–Trinajstić information content (AvgIpc) is 2.93. The fourth-order valence-electron chi connectivity index (χ4n) is 4.62. The van der Waals surface area contributed by atoms with Gasteiger partial charge in [0, 0.05) is 23.7 Å². The van der Waals surface area contributed by atoms with E-state index in [1.165, 1.54) is 17.7 Å². The van der Waals surface area contributed by atoms with E-state index >= 15 is 0 Å². The van der Waals surface area contributed by atoms with Gasteiger partial charge in [-0.25, -0.2) is 0 Å². The largest absolute Gasteiger partial charge is 0.573 e. The minimum Gasteiger partial charge on any atom is -0.497 e. The number of hydrogen-bond donors (Lipinski definition) is 0. The maximum atomic E-state index is 13.0. The van der Waals surface area contributed by atoms with Gasteiger partial charge in [0.05, 0.1) is 20.3 Å². The molecular weight excluding hydrogens is 519 g/mol. The van der Waals surface area contributed by atoms with Crippen molar-refractivity contribution in [3.63, 3.8) is 0 Å². The maximum absolute atomic E-state index is 13.0. The van der Waals surface area contributed by atoms with Crippen LogP contribution >= 0.6 is 0 Å². The second-order valence-electron chi connectivity index (χ2n) is 9.14. The van der Waals surface area contributed by atoms with Gasteiger partial charge in [-0.3, -0.25) is 4.79 Å². The van der Waals surface area contributed by atoms with E-state index in [2.05, 4.69) is 11.7 Å². The van der Waals surface area contributed by atoms with Gasteiger partial charge in [0.2, 0.25) is 0 Å². The Hall–Kier alpha value is -3.68. The number of benzene rings is 3. The Bertz CT molecular complexity index is 1230. The van der Waals surface area contributed by atoms with Crippen LogP contribution in [0.1, 0.15) is 72.8 Å². The highest BCUT2D eigenvalue weighted by atomic mass is 19.4. The molecule has 0 aromatic heterocycles. The molecule has 0 fully saturated rings. The number of fused-ring (bicyclic) bond motifs is 1. The molecule has 0 saturated heterocycles. The van der Waals surface area contributed by atoms with Crippen LogP contribution < -0.4 is 14.2 Å². The zero-order valence-corrected chi connectivity index (χ0v) is 24.4. The van der Waals surface area contributed by atoms with Gasteiger partial charge in [-0.05, 0) is 68.1 Å². The van der Waals surface area contributed by atoms with Crippen LogP contribution in [0.2, 0.25) is 0 Å². The molecule has 0 N–H and O–H groups in total. The summed E-state index contributed by atoms with van der Waals surface area (Å²) in [4.78, 5) is 14.9. The highest BCUT2D eigenvalue weighted by Gasteiger charge is 2.32. The van der Waals surface area contributed by atoms with E-state index in [9.17, 15) is 18.0 Å². The van der Waals surface area contributed by atoms with Crippen molar-refractivity contribution in [1.82, 2.24) is 4.90 Å². The number of aryl methyl sites for hydroxylation is 2. The Morgan fingerprint density at radius 1 is 0.975 bits per heavy atom. The number of carbonyl (C=O) groups excluding carboxylic acids is 1. The van der Waals surface area contributed by atoms with E-state index in [4.69, 9.17) is 9.47 Å². The van der Waals surface area contributed by atoms with Crippen molar-refractivity contribution in [3.8, 4) is 17.2 Å². The molecular formula is C32H40F3NO4. The molecule has 3 aromatic carbocycles. The molecule has 1 aliphatic heterocycles. The zero-order valence-electron chi connectivity index (χ0n) is 24.4. The third-order valence-corrected chi connectivity index (χ3v) is 6.36. The van der Waals surface area contributed by atoms with Crippen LogP contribution in [0.5, 0.6) is 17.2 Å². The van der Waals surface area contributed by atoms with Gasteiger partial charge in [0.15, 0.2) is 0 Å². The molecule has 1 atom stereocenters. The third-order valence-electron chi connectivity index (χ3n) is 6.36. The highest BCUT2D eigenvalue weighted by Crippen LogP contribution is 2.39. The van der Waals surface area contributed by atoms with Crippen LogP contribution in [0.4, 0.5) is 13.2 Å². The van der Waals surface area contributed by atoms with E-state index in [0.717, 1.165) is 53.0 Å². The highest BCUT2D eigenvalue weighted by molar-refractivity contribution is 5.95. The van der Waals surface area contributed by atoms with Crippen LogP contribution in [0.3, 0.4) is 0 Å². The van der Waals surface area contributed by atoms with Gasteiger partial charge in [-0.15, -0.1) is 13.2 Å². The number of nitrogens with zero attached hydrogens (tertiary/aromatic N) is 1. The van der Waals surface area contributed by atoms with E-state index in [-0.39, 0.29) is 17.7 Å². The lowest BCUT2D eigenvalue weighted by atomic mass is 9.91. The number of carbonyl (C=O) groups is 1. The first kappa shape index (κ1) is 32.5. The SMILES string of the molecule is CC.CCCc1cccc(OC(F)(F)F)c1.COc1cc2c(c(OC)c1)C(C)N(C(=O)c1cccc(C)c1)CC2. The number of halogens is 3. The topological polar surface area (TPSA) is 48.0 Å². The predicted octanol–water partition coefficient (Wildman–Crippen LogP) is 8.34.